The zero-order valence-electron chi connectivity index (χ0n) is 18.2. The van der Waals surface area contributed by atoms with Gasteiger partial charge in [0.2, 0.25) is 11.9 Å². The average Bonchev–Trinajstić information content (AvgIpc) is 2.84. The second-order valence-electron chi connectivity index (χ2n) is 7.68. The molecule has 1 aromatic carbocycles. The Bertz CT molecular complexity index is 1290. The molecule has 1 saturated heterocycles. The third kappa shape index (κ3) is 4.73. The van der Waals surface area contributed by atoms with Crippen molar-refractivity contribution in [2.75, 3.05) is 41.8 Å². The molecule has 9 heteroatoms. The number of nitrogens with one attached hydrogen (secondary N) is 2. The Morgan fingerprint density at radius 2 is 1.88 bits per heavy atom. The number of rotatable bonds is 5. The van der Waals surface area contributed by atoms with E-state index in [9.17, 15) is 4.79 Å². The molecule has 0 unspecified atom stereocenters. The lowest BCUT2D eigenvalue weighted by atomic mass is 10.1. The molecule has 9 nitrogen and oxygen atoms in total. The Morgan fingerprint density at radius 3 is 2.67 bits per heavy atom. The first-order chi connectivity index (χ1) is 16.2. The molecule has 0 atom stereocenters. The van der Waals surface area contributed by atoms with Gasteiger partial charge in [-0.1, -0.05) is 18.2 Å². The van der Waals surface area contributed by atoms with Crippen molar-refractivity contribution in [1.29, 1.82) is 0 Å². The number of carbonyl (C=O) groups excluding carboxylic acids is 1. The smallest absolute Gasteiger partial charge is 0.227 e. The summed E-state index contributed by atoms with van der Waals surface area (Å²) in [6, 6.07) is 13.4. The summed E-state index contributed by atoms with van der Waals surface area (Å²) in [5.41, 5.74) is 3.82. The highest BCUT2D eigenvalue weighted by atomic mass is 16.5. The van der Waals surface area contributed by atoms with Crippen molar-refractivity contribution >= 4 is 40.0 Å². The van der Waals surface area contributed by atoms with Crippen LogP contribution in [0.4, 0.5) is 23.1 Å². The number of fused-ring (bicyclic) bond motifs is 1. The highest BCUT2D eigenvalue weighted by Crippen LogP contribution is 2.28. The van der Waals surface area contributed by atoms with Crippen LogP contribution in [0.3, 0.4) is 0 Å². The number of aromatic nitrogens is 4. The van der Waals surface area contributed by atoms with Crippen molar-refractivity contribution in [3.05, 3.63) is 61.1 Å². The maximum absolute atomic E-state index is 11.4. The minimum Gasteiger partial charge on any atom is -0.378 e. The highest BCUT2D eigenvalue weighted by molar-refractivity contribution is 5.94. The topological polar surface area (TPSA) is 105 Å². The van der Waals surface area contributed by atoms with Crippen LogP contribution < -0.4 is 15.5 Å². The molecule has 0 saturated carbocycles. The Labute approximate surface area is 190 Å². The minimum atomic E-state index is -0.132. The van der Waals surface area contributed by atoms with Crippen LogP contribution in [-0.4, -0.2) is 52.1 Å². The fourth-order valence-corrected chi connectivity index (χ4v) is 3.75. The SMILES string of the molecule is CC(=O)Nc1ccnc(-c2cccc3cnc(Nc4ccc(N5CCOCC5)nc4)nc23)c1. The van der Waals surface area contributed by atoms with Crippen LogP contribution in [0.15, 0.2) is 61.1 Å². The van der Waals surface area contributed by atoms with Crippen molar-refractivity contribution in [3.63, 3.8) is 0 Å². The summed E-state index contributed by atoms with van der Waals surface area (Å²) >= 11 is 0. The quantitative estimate of drug-likeness (QED) is 0.484. The fourth-order valence-electron chi connectivity index (χ4n) is 3.75. The summed E-state index contributed by atoms with van der Waals surface area (Å²) in [6.07, 6.45) is 5.23. The normalized spacial score (nSPS) is 13.7. The second-order valence-corrected chi connectivity index (χ2v) is 7.68. The number of para-hydroxylation sites is 1. The number of hydrogen-bond donors (Lipinski definition) is 2. The van der Waals surface area contributed by atoms with Gasteiger partial charge < -0.3 is 20.3 Å². The molecule has 4 heterocycles. The summed E-state index contributed by atoms with van der Waals surface area (Å²) in [6.45, 7) is 4.60. The van der Waals surface area contributed by atoms with Gasteiger partial charge in [0.15, 0.2) is 0 Å². The van der Waals surface area contributed by atoms with E-state index in [0.29, 0.717) is 17.3 Å². The standard InChI is InChI=1S/C24H23N7O2/c1-16(32)28-18-7-8-25-21(13-18)20-4-2-3-17-14-27-24(30-23(17)20)29-19-5-6-22(26-15-19)31-9-11-33-12-10-31/h2-8,13-15H,9-12H2,1H3,(H,25,28,32)(H,27,29,30). The minimum absolute atomic E-state index is 0.132. The molecule has 1 amide bonds. The number of amides is 1. The molecule has 2 N–H and O–H groups in total. The molecule has 0 bridgehead atoms. The number of nitrogens with zero attached hydrogens (tertiary/aromatic N) is 5. The molecule has 5 rings (SSSR count). The Balaban J connectivity index is 1.42. The predicted octanol–water partition coefficient (Wildman–Crippen LogP) is 3.63. The van der Waals surface area contributed by atoms with Gasteiger partial charge in [-0.3, -0.25) is 9.78 Å². The highest BCUT2D eigenvalue weighted by Gasteiger charge is 2.13. The molecule has 1 aliphatic heterocycles. The molecule has 4 aromatic rings. The maximum atomic E-state index is 11.4. The van der Waals surface area contributed by atoms with E-state index >= 15 is 0 Å². The van der Waals surface area contributed by atoms with E-state index in [-0.39, 0.29) is 5.91 Å². The second kappa shape index (κ2) is 9.17. The van der Waals surface area contributed by atoms with E-state index in [1.165, 1.54) is 6.92 Å². The van der Waals surface area contributed by atoms with Crippen LogP contribution in [0, 0.1) is 0 Å². The van der Waals surface area contributed by atoms with Gasteiger partial charge in [-0.25, -0.2) is 15.0 Å². The van der Waals surface area contributed by atoms with Crippen LogP contribution in [0.25, 0.3) is 22.2 Å². The summed E-state index contributed by atoms with van der Waals surface area (Å²) in [5.74, 6) is 1.26. The Morgan fingerprint density at radius 1 is 1.00 bits per heavy atom. The van der Waals surface area contributed by atoms with Gasteiger partial charge in [-0.05, 0) is 24.3 Å². The van der Waals surface area contributed by atoms with E-state index in [1.807, 2.05) is 36.4 Å². The molecule has 1 aliphatic rings. The van der Waals surface area contributed by atoms with E-state index in [0.717, 1.165) is 54.3 Å². The fraction of sp³-hybridized carbons (Fsp3) is 0.208. The van der Waals surface area contributed by atoms with Crippen molar-refractivity contribution in [3.8, 4) is 11.3 Å². The van der Waals surface area contributed by atoms with Crippen LogP contribution >= 0.6 is 0 Å². The molecular formula is C24H23N7O2. The molecule has 1 fully saturated rings. The lowest BCUT2D eigenvalue weighted by Gasteiger charge is -2.27. The molecular weight excluding hydrogens is 418 g/mol. The first kappa shape index (κ1) is 20.8. The first-order valence-corrected chi connectivity index (χ1v) is 10.7. The Hall–Kier alpha value is -4.11. The molecule has 0 radical (unpaired) electrons. The lowest BCUT2D eigenvalue weighted by Crippen LogP contribution is -2.36. The largest absolute Gasteiger partial charge is 0.378 e. The molecule has 0 spiro atoms. The summed E-state index contributed by atoms with van der Waals surface area (Å²) in [5, 5.41) is 6.92. The summed E-state index contributed by atoms with van der Waals surface area (Å²) in [4.78, 5) is 31.9. The number of anilines is 4. The zero-order valence-corrected chi connectivity index (χ0v) is 18.2. The Kier molecular flexibility index (Phi) is 5.77. The maximum Gasteiger partial charge on any atom is 0.227 e. The number of morpholine rings is 1. The van der Waals surface area contributed by atoms with Crippen molar-refractivity contribution < 1.29 is 9.53 Å². The van der Waals surface area contributed by atoms with Crippen molar-refractivity contribution in [2.24, 2.45) is 0 Å². The molecule has 0 aliphatic carbocycles. The van der Waals surface area contributed by atoms with Gasteiger partial charge in [0, 0.05) is 49.0 Å². The summed E-state index contributed by atoms with van der Waals surface area (Å²) in [7, 11) is 0. The van der Waals surface area contributed by atoms with Crippen LogP contribution in [0.1, 0.15) is 6.92 Å². The van der Waals surface area contributed by atoms with Crippen LogP contribution in [-0.2, 0) is 9.53 Å². The predicted molar refractivity (Wildman–Crippen MR) is 128 cm³/mol. The first-order valence-electron chi connectivity index (χ1n) is 10.7. The molecule has 33 heavy (non-hydrogen) atoms. The van der Waals surface area contributed by atoms with Crippen LogP contribution in [0.2, 0.25) is 0 Å². The van der Waals surface area contributed by atoms with Gasteiger partial charge in [-0.15, -0.1) is 0 Å². The molecule has 3 aromatic heterocycles. The van der Waals surface area contributed by atoms with Gasteiger partial charge in [-0.2, -0.15) is 0 Å². The summed E-state index contributed by atoms with van der Waals surface area (Å²) < 4.78 is 5.40. The van der Waals surface area contributed by atoms with E-state index in [1.54, 1.807) is 24.7 Å². The molecule has 166 valence electrons. The number of benzene rings is 1. The van der Waals surface area contributed by atoms with E-state index in [4.69, 9.17) is 9.72 Å². The van der Waals surface area contributed by atoms with E-state index in [2.05, 4.69) is 30.5 Å². The van der Waals surface area contributed by atoms with Gasteiger partial charge in [0.05, 0.1) is 36.3 Å². The zero-order chi connectivity index (χ0) is 22.6. The van der Waals surface area contributed by atoms with E-state index < -0.39 is 0 Å². The lowest BCUT2D eigenvalue weighted by molar-refractivity contribution is -0.114. The average molecular weight is 441 g/mol. The monoisotopic (exact) mass is 441 g/mol. The third-order valence-electron chi connectivity index (χ3n) is 5.31. The number of carbonyl (C=O) groups is 1. The van der Waals surface area contributed by atoms with Gasteiger partial charge in [0.25, 0.3) is 0 Å². The van der Waals surface area contributed by atoms with Crippen molar-refractivity contribution in [2.45, 2.75) is 6.92 Å². The third-order valence-corrected chi connectivity index (χ3v) is 5.31. The van der Waals surface area contributed by atoms with Gasteiger partial charge >= 0.3 is 0 Å². The number of hydrogen-bond acceptors (Lipinski definition) is 8. The number of ether oxygens (including phenoxy) is 1. The van der Waals surface area contributed by atoms with Crippen LogP contribution in [0.5, 0.6) is 0 Å². The number of pyridine rings is 2. The van der Waals surface area contributed by atoms with Gasteiger partial charge in [0.1, 0.15) is 5.82 Å². The van der Waals surface area contributed by atoms with Crippen molar-refractivity contribution in [1.82, 2.24) is 19.9 Å².